The molecule has 0 radical (unpaired) electrons. The average molecular weight is 243 g/mol. The van der Waals surface area contributed by atoms with Gasteiger partial charge in [-0.05, 0) is 39.6 Å². The Morgan fingerprint density at radius 3 is 2.50 bits per heavy atom. The van der Waals surface area contributed by atoms with Crippen LogP contribution in [0.3, 0.4) is 0 Å². The zero-order valence-corrected chi connectivity index (χ0v) is 11.4. The molecule has 0 fully saturated rings. The molecule has 0 saturated heterocycles. The zero-order chi connectivity index (χ0) is 12.1. The molecule has 3 N–H and O–H groups in total. The Morgan fingerprint density at radius 1 is 1.31 bits per heavy atom. The SMILES string of the molecule is CSN1NC(NC(C)C)=CC(=NC(C)C)N1. The first-order chi connectivity index (χ1) is 7.51. The summed E-state index contributed by atoms with van der Waals surface area (Å²) in [6.07, 6.45) is 3.97. The van der Waals surface area contributed by atoms with Crippen LogP contribution < -0.4 is 16.2 Å². The Balaban J connectivity index is 2.77. The molecule has 0 aromatic carbocycles. The van der Waals surface area contributed by atoms with Gasteiger partial charge in [-0.25, -0.2) is 0 Å². The first-order valence-corrected chi connectivity index (χ1v) is 6.63. The maximum atomic E-state index is 4.49. The summed E-state index contributed by atoms with van der Waals surface area (Å²) in [5.74, 6) is 1.83. The molecular formula is C10H21N5S. The fourth-order valence-corrected chi connectivity index (χ4v) is 1.64. The van der Waals surface area contributed by atoms with E-state index in [1.807, 2.05) is 16.9 Å². The van der Waals surface area contributed by atoms with Gasteiger partial charge in [-0.15, -0.1) is 0 Å². The molecule has 0 amide bonds. The second kappa shape index (κ2) is 6.00. The predicted molar refractivity (Wildman–Crippen MR) is 70.6 cm³/mol. The van der Waals surface area contributed by atoms with Crippen LogP contribution in [0, 0.1) is 0 Å². The third-order valence-corrected chi connectivity index (χ3v) is 2.29. The van der Waals surface area contributed by atoms with Crippen LogP contribution in [-0.2, 0) is 0 Å². The maximum absolute atomic E-state index is 4.49. The van der Waals surface area contributed by atoms with Gasteiger partial charge in [-0.3, -0.25) is 15.8 Å². The fraction of sp³-hybridized carbons (Fsp3) is 0.700. The van der Waals surface area contributed by atoms with Gasteiger partial charge in [0, 0.05) is 24.4 Å². The molecule has 1 aliphatic rings. The molecule has 0 unspecified atom stereocenters. The lowest BCUT2D eigenvalue weighted by Crippen LogP contribution is -2.52. The number of nitrogens with zero attached hydrogens (tertiary/aromatic N) is 2. The fourth-order valence-electron chi connectivity index (χ4n) is 1.26. The quantitative estimate of drug-likeness (QED) is 0.649. The van der Waals surface area contributed by atoms with E-state index in [4.69, 9.17) is 0 Å². The molecule has 6 heteroatoms. The molecule has 0 aromatic heterocycles. The normalized spacial score (nSPS) is 19.7. The third-order valence-electron chi connectivity index (χ3n) is 1.74. The van der Waals surface area contributed by atoms with Gasteiger partial charge in [0.25, 0.3) is 0 Å². The highest BCUT2D eigenvalue weighted by molar-refractivity contribution is 7.96. The Labute approximate surface area is 102 Å². The minimum absolute atomic E-state index is 0.279. The predicted octanol–water partition coefficient (Wildman–Crippen LogP) is 1.24. The van der Waals surface area contributed by atoms with Crippen molar-refractivity contribution in [3.05, 3.63) is 11.9 Å². The van der Waals surface area contributed by atoms with E-state index >= 15 is 0 Å². The van der Waals surface area contributed by atoms with Crippen LogP contribution in [0.4, 0.5) is 0 Å². The van der Waals surface area contributed by atoms with Crippen LogP contribution >= 0.6 is 11.9 Å². The van der Waals surface area contributed by atoms with Gasteiger partial charge in [-0.1, -0.05) is 4.52 Å². The van der Waals surface area contributed by atoms with Gasteiger partial charge in [0.05, 0.1) is 0 Å². The van der Waals surface area contributed by atoms with Crippen molar-refractivity contribution in [2.75, 3.05) is 6.26 Å². The topological polar surface area (TPSA) is 51.7 Å². The van der Waals surface area contributed by atoms with Crippen molar-refractivity contribution in [2.45, 2.75) is 39.8 Å². The highest BCUT2D eigenvalue weighted by Crippen LogP contribution is 2.05. The van der Waals surface area contributed by atoms with Crippen molar-refractivity contribution in [3.8, 4) is 0 Å². The van der Waals surface area contributed by atoms with Gasteiger partial charge in [0.15, 0.2) is 0 Å². The Bertz CT molecular complexity index is 285. The van der Waals surface area contributed by atoms with Crippen molar-refractivity contribution in [1.82, 2.24) is 20.7 Å². The van der Waals surface area contributed by atoms with E-state index in [1.54, 1.807) is 11.9 Å². The number of hydrazine groups is 2. The molecule has 16 heavy (non-hydrogen) atoms. The molecule has 0 atom stereocenters. The maximum Gasteiger partial charge on any atom is 0.141 e. The number of hydrogen-bond donors (Lipinski definition) is 3. The molecule has 0 saturated carbocycles. The molecule has 1 rings (SSSR count). The van der Waals surface area contributed by atoms with E-state index in [2.05, 4.69) is 48.9 Å². The summed E-state index contributed by atoms with van der Waals surface area (Å²) in [5.41, 5.74) is 6.35. The second-order valence-corrected chi connectivity index (χ2v) is 4.90. The van der Waals surface area contributed by atoms with Crippen LogP contribution in [0.2, 0.25) is 0 Å². The summed E-state index contributed by atoms with van der Waals surface area (Å²) < 4.78 is 1.83. The number of rotatable bonds is 4. The number of hydrogen-bond acceptors (Lipinski definition) is 5. The molecule has 1 aliphatic heterocycles. The molecule has 0 spiro atoms. The van der Waals surface area contributed by atoms with Crippen molar-refractivity contribution in [1.29, 1.82) is 0 Å². The molecule has 5 nitrogen and oxygen atoms in total. The van der Waals surface area contributed by atoms with Gasteiger partial charge in [0.1, 0.15) is 11.7 Å². The van der Waals surface area contributed by atoms with Crippen molar-refractivity contribution in [2.24, 2.45) is 4.99 Å². The van der Waals surface area contributed by atoms with Crippen LogP contribution in [0.1, 0.15) is 27.7 Å². The van der Waals surface area contributed by atoms with Crippen LogP contribution in [-0.4, -0.2) is 28.7 Å². The van der Waals surface area contributed by atoms with Crippen LogP contribution in [0.25, 0.3) is 0 Å². The number of aliphatic imine (C=N–C) groups is 1. The van der Waals surface area contributed by atoms with E-state index in [0.717, 1.165) is 11.7 Å². The summed E-state index contributed by atoms with van der Waals surface area (Å²) in [7, 11) is 0. The van der Waals surface area contributed by atoms with E-state index in [-0.39, 0.29) is 6.04 Å². The standard InChI is InChI=1S/C10H21N5S/c1-7(2)11-9-6-10(12-8(3)4)14-15(13-9)16-5/h6-8,11,13H,1-5H3,(H,12,14). The summed E-state index contributed by atoms with van der Waals surface area (Å²) in [6.45, 7) is 8.33. The van der Waals surface area contributed by atoms with Gasteiger partial charge >= 0.3 is 0 Å². The summed E-state index contributed by atoms with van der Waals surface area (Å²) >= 11 is 1.56. The van der Waals surface area contributed by atoms with Crippen molar-refractivity contribution in [3.63, 3.8) is 0 Å². The largest absolute Gasteiger partial charge is 0.369 e. The highest BCUT2D eigenvalue weighted by atomic mass is 32.2. The summed E-state index contributed by atoms with van der Waals surface area (Å²) in [4.78, 5) is 4.49. The molecule has 92 valence electrons. The molecule has 0 aromatic rings. The van der Waals surface area contributed by atoms with Gasteiger partial charge in [-0.2, -0.15) is 0 Å². The smallest absolute Gasteiger partial charge is 0.141 e. The van der Waals surface area contributed by atoms with E-state index < -0.39 is 0 Å². The highest BCUT2D eigenvalue weighted by Gasteiger charge is 2.14. The Morgan fingerprint density at radius 2 is 2.00 bits per heavy atom. The monoisotopic (exact) mass is 243 g/mol. The molecular weight excluding hydrogens is 222 g/mol. The van der Waals surface area contributed by atoms with Crippen LogP contribution in [0.5, 0.6) is 0 Å². The number of amidine groups is 1. The van der Waals surface area contributed by atoms with Crippen molar-refractivity contribution >= 4 is 17.8 Å². The van der Waals surface area contributed by atoms with Crippen molar-refractivity contribution < 1.29 is 0 Å². The summed E-state index contributed by atoms with van der Waals surface area (Å²) in [6, 6.07) is 0.668. The molecule has 0 bridgehead atoms. The molecule has 1 heterocycles. The zero-order valence-electron chi connectivity index (χ0n) is 10.5. The Kier molecular flexibility index (Phi) is 4.95. The van der Waals surface area contributed by atoms with Crippen LogP contribution in [0.15, 0.2) is 16.9 Å². The van der Waals surface area contributed by atoms with E-state index in [0.29, 0.717) is 6.04 Å². The first-order valence-electron chi connectivity index (χ1n) is 5.45. The number of nitrogens with one attached hydrogen (secondary N) is 3. The average Bonchev–Trinajstić information content (AvgIpc) is 2.14. The van der Waals surface area contributed by atoms with E-state index in [1.165, 1.54) is 0 Å². The lowest BCUT2D eigenvalue weighted by atomic mass is 10.3. The second-order valence-electron chi connectivity index (χ2n) is 4.17. The lowest BCUT2D eigenvalue weighted by Gasteiger charge is -2.30. The van der Waals surface area contributed by atoms with E-state index in [9.17, 15) is 0 Å². The first kappa shape index (κ1) is 13.2. The lowest BCUT2D eigenvalue weighted by molar-refractivity contribution is 0.325. The van der Waals surface area contributed by atoms with Gasteiger partial charge < -0.3 is 5.32 Å². The molecule has 0 aliphatic carbocycles. The minimum Gasteiger partial charge on any atom is -0.369 e. The third kappa shape index (κ3) is 4.32. The summed E-state index contributed by atoms with van der Waals surface area (Å²) in [5, 5.41) is 3.32. The van der Waals surface area contributed by atoms with Gasteiger partial charge in [0.2, 0.25) is 0 Å². The Hall–Kier alpha value is -0.880. The minimum atomic E-state index is 0.279.